The number of alkyl halides is 1. The molecule has 2 aromatic carbocycles. The predicted octanol–water partition coefficient (Wildman–Crippen LogP) is 3.52. The summed E-state index contributed by atoms with van der Waals surface area (Å²) in [4.78, 5) is 4.77. The van der Waals surface area contributed by atoms with Crippen molar-refractivity contribution in [1.29, 1.82) is 0 Å². The minimum atomic E-state index is -0.884. The molecule has 0 spiro atoms. The molecular formula is C22H27FN2O. The molecule has 4 heteroatoms. The average Bonchev–Trinajstić information content (AvgIpc) is 3.03. The molecule has 0 bridgehead atoms. The molecule has 2 aliphatic rings. The Bertz CT molecular complexity index is 678. The van der Waals surface area contributed by atoms with Crippen LogP contribution in [0.4, 0.5) is 4.39 Å². The molecular weight excluding hydrogens is 327 g/mol. The van der Waals surface area contributed by atoms with Crippen LogP contribution in [-0.4, -0.2) is 60.9 Å². The summed E-state index contributed by atoms with van der Waals surface area (Å²) in [6.07, 6.45) is -1.18. The van der Waals surface area contributed by atoms with Crippen LogP contribution < -0.4 is 0 Å². The lowest BCUT2D eigenvalue weighted by molar-refractivity contribution is -0.0529. The van der Waals surface area contributed by atoms with E-state index >= 15 is 0 Å². The first-order chi connectivity index (χ1) is 12.6. The fraction of sp³-hybridized carbons (Fsp3) is 0.455. The molecule has 2 aromatic rings. The van der Waals surface area contributed by atoms with Crippen LogP contribution >= 0.6 is 0 Å². The molecule has 0 N–H and O–H groups in total. The number of ether oxygens (including phenoxy) is 1. The van der Waals surface area contributed by atoms with Crippen LogP contribution in [0.1, 0.15) is 24.1 Å². The fourth-order valence-electron chi connectivity index (χ4n) is 4.49. The van der Waals surface area contributed by atoms with E-state index in [0.29, 0.717) is 13.1 Å². The van der Waals surface area contributed by atoms with Crippen LogP contribution in [0.5, 0.6) is 0 Å². The van der Waals surface area contributed by atoms with Crippen LogP contribution in [0.25, 0.3) is 0 Å². The molecule has 2 saturated heterocycles. The van der Waals surface area contributed by atoms with Crippen LogP contribution in [0.2, 0.25) is 0 Å². The normalized spacial score (nSPS) is 26.2. The predicted molar refractivity (Wildman–Crippen MR) is 102 cm³/mol. The van der Waals surface area contributed by atoms with Gasteiger partial charge in [0.2, 0.25) is 0 Å². The van der Waals surface area contributed by atoms with E-state index in [1.165, 1.54) is 11.1 Å². The number of rotatable bonds is 5. The monoisotopic (exact) mass is 354 g/mol. The summed E-state index contributed by atoms with van der Waals surface area (Å²) >= 11 is 0. The molecule has 26 heavy (non-hydrogen) atoms. The molecule has 0 radical (unpaired) electrons. The largest absolute Gasteiger partial charge is 0.377 e. The maximum absolute atomic E-state index is 14.1. The summed E-state index contributed by atoms with van der Waals surface area (Å²) in [5, 5.41) is 0. The van der Waals surface area contributed by atoms with Crippen molar-refractivity contribution in [3.63, 3.8) is 0 Å². The maximum atomic E-state index is 14.1. The molecule has 2 aliphatic heterocycles. The van der Waals surface area contributed by atoms with Gasteiger partial charge in [0.05, 0.1) is 6.04 Å². The van der Waals surface area contributed by atoms with Gasteiger partial charge in [0.1, 0.15) is 12.3 Å². The van der Waals surface area contributed by atoms with E-state index in [2.05, 4.69) is 77.4 Å². The summed E-state index contributed by atoms with van der Waals surface area (Å²) in [6.45, 7) is 5.28. The van der Waals surface area contributed by atoms with Gasteiger partial charge in [0.15, 0.2) is 0 Å². The van der Waals surface area contributed by atoms with Crippen LogP contribution in [-0.2, 0) is 4.74 Å². The first-order valence-electron chi connectivity index (χ1n) is 9.36. The topological polar surface area (TPSA) is 15.7 Å². The highest BCUT2D eigenvalue weighted by Gasteiger charge is 2.50. The third-order valence-electron chi connectivity index (χ3n) is 5.95. The summed E-state index contributed by atoms with van der Waals surface area (Å²) in [5.41, 5.74) is 2.63. The molecule has 4 rings (SSSR count). The van der Waals surface area contributed by atoms with Gasteiger partial charge in [-0.05, 0) is 18.1 Å². The summed E-state index contributed by atoms with van der Waals surface area (Å²) in [5.74, 6) is 0. The zero-order valence-electron chi connectivity index (χ0n) is 15.5. The van der Waals surface area contributed by atoms with Gasteiger partial charge in [-0.15, -0.1) is 0 Å². The van der Waals surface area contributed by atoms with Crippen molar-refractivity contribution >= 4 is 0 Å². The van der Waals surface area contributed by atoms with Gasteiger partial charge in [-0.1, -0.05) is 60.7 Å². The van der Waals surface area contributed by atoms with Gasteiger partial charge in [-0.3, -0.25) is 9.80 Å². The Morgan fingerprint density at radius 3 is 1.96 bits per heavy atom. The highest BCUT2D eigenvalue weighted by atomic mass is 19.1. The zero-order chi connectivity index (χ0) is 18.1. The summed E-state index contributed by atoms with van der Waals surface area (Å²) < 4.78 is 19.4. The molecule has 2 fully saturated rings. The number of hydrogen-bond acceptors (Lipinski definition) is 3. The minimum Gasteiger partial charge on any atom is -0.377 e. The van der Waals surface area contributed by atoms with Gasteiger partial charge in [0.25, 0.3) is 0 Å². The summed E-state index contributed by atoms with van der Waals surface area (Å²) in [7, 11) is 1.61. The second kappa shape index (κ2) is 7.10. The van der Waals surface area contributed by atoms with Crippen LogP contribution in [0, 0.1) is 0 Å². The standard InChI is InChI=1S/C22H27FN2O/c1-22(25-13-19(23)20(14-25)26-2)15-24(16-22)21(17-9-5-3-6-10-17)18-11-7-4-8-12-18/h3-12,19-21H,13-16H2,1-2H3. The first kappa shape index (κ1) is 17.7. The lowest BCUT2D eigenvalue weighted by Crippen LogP contribution is -2.68. The molecule has 138 valence electrons. The molecule has 2 atom stereocenters. The number of hydrogen-bond donors (Lipinski definition) is 0. The SMILES string of the molecule is COC1CN(C2(C)CN(C(c3ccccc3)c3ccccc3)C2)CC1F. The van der Waals surface area contributed by atoms with Gasteiger partial charge in [-0.25, -0.2) is 4.39 Å². The molecule has 0 amide bonds. The second-order valence-corrected chi connectivity index (χ2v) is 7.82. The molecule has 3 nitrogen and oxygen atoms in total. The Morgan fingerprint density at radius 1 is 0.962 bits per heavy atom. The maximum Gasteiger partial charge on any atom is 0.140 e. The van der Waals surface area contributed by atoms with E-state index in [1.807, 2.05) is 0 Å². The van der Waals surface area contributed by atoms with Crippen LogP contribution in [0.15, 0.2) is 60.7 Å². The fourth-order valence-corrected chi connectivity index (χ4v) is 4.49. The molecule has 0 aromatic heterocycles. The molecule has 0 saturated carbocycles. The van der Waals surface area contributed by atoms with E-state index in [1.54, 1.807) is 7.11 Å². The Morgan fingerprint density at radius 2 is 1.50 bits per heavy atom. The average molecular weight is 354 g/mol. The minimum absolute atomic E-state index is 0.0133. The first-order valence-corrected chi connectivity index (χ1v) is 9.36. The van der Waals surface area contributed by atoms with Gasteiger partial charge in [-0.2, -0.15) is 0 Å². The number of methoxy groups -OCH3 is 1. The second-order valence-electron chi connectivity index (χ2n) is 7.82. The van der Waals surface area contributed by atoms with Crippen molar-refractivity contribution in [1.82, 2.24) is 9.80 Å². The van der Waals surface area contributed by atoms with Gasteiger partial charge in [0, 0.05) is 38.8 Å². The lowest BCUT2D eigenvalue weighted by Gasteiger charge is -2.56. The van der Waals surface area contributed by atoms with Crippen LogP contribution in [0.3, 0.4) is 0 Å². The number of nitrogens with zero attached hydrogens (tertiary/aromatic N) is 2. The van der Waals surface area contributed by atoms with E-state index in [9.17, 15) is 4.39 Å². The van der Waals surface area contributed by atoms with Crippen molar-refractivity contribution < 1.29 is 9.13 Å². The van der Waals surface area contributed by atoms with Crippen molar-refractivity contribution in [3.05, 3.63) is 71.8 Å². The van der Waals surface area contributed by atoms with Crippen molar-refractivity contribution in [2.24, 2.45) is 0 Å². The third-order valence-corrected chi connectivity index (χ3v) is 5.95. The summed E-state index contributed by atoms with van der Waals surface area (Å²) in [6, 6.07) is 21.5. The Hall–Kier alpha value is -1.75. The van der Waals surface area contributed by atoms with E-state index in [4.69, 9.17) is 4.74 Å². The zero-order valence-corrected chi connectivity index (χ0v) is 15.5. The highest BCUT2D eigenvalue weighted by molar-refractivity contribution is 5.33. The van der Waals surface area contributed by atoms with Crippen molar-refractivity contribution in [3.8, 4) is 0 Å². The molecule has 0 aliphatic carbocycles. The third kappa shape index (κ3) is 3.18. The Kier molecular flexibility index (Phi) is 4.82. The van der Waals surface area contributed by atoms with Gasteiger partial charge >= 0.3 is 0 Å². The smallest absolute Gasteiger partial charge is 0.140 e. The van der Waals surface area contributed by atoms with E-state index in [0.717, 1.165) is 13.1 Å². The number of likely N-dealkylation sites (tertiary alicyclic amines) is 2. The van der Waals surface area contributed by atoms with Gasteiger partial charge < -0.3 is 4.74 Å². The Labute approximate surface area is 155 Å². The van der Waals surface area contributed by atoms with Crippen molar-refractivity contribution in [2.75, 3.05) is 33.3 Å². The quantitative estimate of drug-likeness (QED) is 0.817. The van der Waals surface area contributed by atoms with Crippen molar-refractivity contribution in [2.45, 2.75) is 30.8 Å². The Balaban J connectivity index is 1.53. The molecule has 2 unspecified atom stereocenters. The highest BCUT2D eigenvalue weighted by Crippen LogP contribution is 2.40. The number of halogens is 1. The van der Waals surface area contributed by atoms with E-state index < -0.39 is 6.17 Å². The van der Waals surface area contributed by atoms with E-state index in [-0.39, 0.29) is 17.7 Å². The lowest BCUT2D eigenvalue weighted by atomic mass is 9.85. The molecule has 2 heterocycles. The number of benzene rings is 2.